The van der Waals surface area contributed by atoms with E-state index in [1.54, 1.807) is 6.20 Å². The molecule has 5 nitrogen and oxygen atoms in total. The van der Waals surface area contributed by atoms with Crippen molar-refractivity contribution < 1.29 is 9.53 Å². The van der Waals surface area contributed by atoms with Crippen LogP contribution in [0.15, 0.2) is 30.7 Å². The molecule has 108 valence electrons. The first-order valence-electron chi connectivity index (χ1n) is 6.96. The fourth-order valence-electron chi connectivity index (χ4n) is 2.68. The van der Waals surface area contributed by atoms with E-state index in [-0.39, 0.29) is 11.9 Å². The molecule has 1 amide bonds. The van der Waals surface area contributed by atoms with Crippen LogP contribution in [-0.4, -0.2) is 22.5 Å². The Balaban J connectivity index is 1.87. The lowest BCUT2D eigenvalue weighted by molar-refractivity contribution is 0.0919. The summed E-state index contributed by atoms with van der Waals surface area (Å²) in [4.78, 5) is 20.2. The maximum Gasteiger partial charge on any atom is 0.271 e. The van der Waals surface area contributed by atoms with E-state index in [1.165, 1.54) is 12.4 Å². The number of nitrogens with one attached hydrogen (secondary N) is 1. The van der Waals surface area contributed by atoms with Crippen LogP contribution in [0.5, 0.6) is 5.75 Å². The van der Waals surface area contributed by atoms with E-state index >= 15 is 0 Å². The summed E-state index contributed by atoms with van der Waals surface area (Å²) in [6.45, 7) is 4.67. The molecule has 21 heavy (non-hydrogen) atoms. The molecule has 1 unspecified atom stereocenters. The highest BCUT2D eigenvalue weighted by molar-refractivity contribution is 5.92. The largest absolute Gasteiger partial charge is 0.493 e. The van der Waals surface area contributed by atoms with Crippen LogP contribution in [0.25, 0.3) is 0 Å². The van der Waals surface area contributed by atoms with Gasteiger partial charge >= 0.3 is 0 Å². The number of carbonyl (C=O) groups excluding carboxylic acids is 1. The van der Waals surface area contributed by atoms with Crippen molar-refractivity contribution in [2.75, 3.05) is 6.61 Å². The van der Waals surface area contributed by atoms with E-state index in [0.717, 1.165) is 28.9 Å². The number of hydrogen-bond donors (Lipinski definition) is 1. The molecule has 0 saturated heterocycles. The predicted molar refractivity (Wildman–Crippen MR) is 78.3 cm³/mol. The summed E-state index contributed by atoms with van der Waals surface area (Å²) in [7, 11) is 0. The van der Waals surface area contributed by atoms with Crippen molar-refractivity contribution in [1.82, 2.24) is 15.3 Å². The monoisotopic (exact) mass is 283 g/mol. The number of rotatable bonds is 2. The first-order chi connectivity index (χ1) is 10.1. The molecule has 1 aromatic carbocycles. The number of nitrogens with zero attached hydrogens (tertiary/aromatic N) is 2. The van der Waals surface area contributed by atoms with Crippen LogP contribution in [-0.2, 0) is 0 Å². The van der Waals surface area contributed by atoms with Gasteiger partial charge in [0.1, 0.15) is 11.4 Å². The SMILES string of the molecule is Cc1cc(C)c2c(c1)C(NC(=O)c1cnccn1)CCO2. The summed E-state index contributed by atoms with van der Waals surface area (Å²) in [6.07, 6.45) is 5.29. The van der Waals surface area contributed by atoms with Gasteiger partial charge in [-0.1, -0.05) is 17.7 Å². The fourth-order valence-corrected chi connectivity index (χ4v) is 2.68. The third-order valence-corrected chi connectivity index (χ3v) is 3.58. The molecule has 0 radical (unpaired) electrons. The van der Waals surface area contributed by atoms with E-state index in [2.05, 4.69) is 27.4 Å². The second kappa shape index (κ2) is 5.52. The number of aryl methyl sites for hydroxylation is 2. The maximum absolute atomic E-state index is 12.2. The lowest BCUT2D eigenvalue weighted by Crippen LogP contribution is -2.33. The minimum atomic E-state index is -0.208. The Morgan fingerprint density at radius 1 is 1.33 bits per heavy atom. The molecule has 0 fully saturated rings. The molecule has 0 bridgehead atoms. The summed E-state index contributed by atoms with van der Waals surface area (Å²) in [5, 5.41) is 3.02. The maximum atomic E-state index is 12.2. The summed E-state index contributed by atoms with van der Waals surface area (Å²) in [5.74, 6) is 0.677. The summed E-state index contributed by atoms with van der Waals surface area (Å²) in [5.41, 5.74) is 3.63. The van der Waals surface area contributed by atoms with Crippen molar-refractivity contribution in [1.29, 1.82) is 0 Å². The summed E-state index contributed by atoms with van der Waals surface area (Å²) >= 11 is 0. The van der Waals surface area contributed by atoms with Crippen LogP contribution in [0.4, 0.5) is 0 Å². The first-order valence-corrected chi connectivity index (χ1v) is 6.96. The molecule has 1 atom stereocenters. The highest BCUT2D eigenvalue weighted by atomic mass is 16.5. The molecule has 1 aliphatic rings. The van der Waals surface area contributed by atoms with Gasteiger partial charge in [0.25, 0.3) is 5.91 Å². The van der Waals surface area contributed by atoms with Crippen LogP contribution >= 0.6 is 0 Å². The van der Waals surface area contributed by atoms with Gasteiger partial charge in [-0.15, -0.1) is 0 Å². The molecular formula is C16H17N3O2. The topological polar surface area (TPSA) is 64.1 Å². The van der Waals surface area contributed by atoms with Crippen molar-refractivity contribution in [2.45, 2.75) is 26.3 Å². The van der Waals surface area contributed by atoms with Gasteiger partial charge in [0, 0.05) is 24.4 Å². The number of aromatic nitrogens is 2. The van der Waals surface area contributed by atoms with Gasteiger partial charge in [0.05, 0.1) is 18.8 Å². The Bertz CT molecular complexity index is 671. The minimum absolute atomic E-state index is 0.0538. The van der Waals surface area contributed by atoms with Gasteiger partial charge in [0.15, 0.2) is 0 Å². The summed E-state index contributed by atoms with van der Waals surface area (Å²) < 4.78 is 5.75. The average molecular weight is 283 g/mol. The minimum Gasteiger partial charge on any atom is -0.493 e. The molecular weight excluding hydrogens is 266 g/mol. The van der Waals surface area contributed by atoms with Crippen LogP contribution < -0.4 is 10.1 Å². The van der Waals surface area contributed by atoms with Gasteiger partial charge < -0.3 is 10.1 Å². The first kappa shape index (κ1) is 13.5. The van der Waals surface area contributed by atoms with Crippen LogP contribution in [0.1, 0.15) is 39.6 Å². The van der Waals surface area contributed by atoms with Crippen LogP contribution in [0.2, 0.25) is 0 Å². The third-order valence-electron chi connectivity index (χ3n) is 3.58. The molecule has 0 saturated carbocycles. The van der Waals surface area contributed by atoms with E-state index in [9.17, 15) is 4.79 Å². The second-order valence-corrected chi connectivity index (χ2v) is 5.25. The molecule has 2 aromatic rings. The Kier molecular flexibility index (Phi) is 3.56. The molecule has 3 rings (SSSR count). The normalized spacial score (nSPS) is 16.8. The van der Waals surface area contributed by atoms with E-state index in [0.29, 0.717) is 12.3 Å². The number of carbonyl (C=O) groups is 1. The molecule has 2 heterocycles. The Morgan fingerprint density at radius 2 is 2.19 bits per heavy atom. The highest BCUT2D eigenvalue weighted by Gasteiger charge is 2.25. The number of ether oxygens (including phenoxy) is 1. The van der Waals surface area contributed by atoms with Gasteiger partial charge in [-0.3, -0.25) is 9.78 Å². The molecule has 1 aliphatic heterocycles. The number of hydrogen-bond acceptors (Lipinski definition) is 4. The van der Waals surface area contributed by atoms with Gasteiger partial charge in [-0.2, -0.15) is 0 Å². The molecule has 0 spiro atoms. The standard InChI is InChI=1S/C16H17N3O2/c1-10-7-11(2)15-12(8-10)13(3-6-21-15)19-16(20)14-9-17-4-5-18-14/h4-5,7-9,13H,3,6H2,1-2H3,(H,19,20). The van der Waals surface area contributed by atoms with Gasteiger partial charge in [-0.25, -0.2) is 4.98 Å². The fraction of sp³-hybridized carbons (Fsp3) is 0.312. The zero-order chi connectivity index (χ0) is 14.8. The van der Waals surface area contributed by atoms with Crippen molar-refractivity contribution in [3.8, 4) is 5.75 Å². The zero-order valence-corrected chi connectivity index (χ0v) is 12.1. The highest BCUT2D eigenvalue weighted by Crippen LogP contribution is 2.35. The Hall–Kier alpha value is -2.43. The lowest BCUT2D eigenvalue weighted by atomic mass is 9.95. The quantitative estimate of drug-likeness (QED) is 0.919. The van der Waals surface area contributed by atoms with Crippen molar-refractivity contribution in [2.24, 2.45) is 0 Å². The van der Waals surface area contributed by atoms with Crippen LogP contribution in [0, 0.1) is 13.8 Å². The van der Waals surface area contributed by atoms with Gasteiger partial charge in [-0.05, 0) is 19.4 Å². The van der Waals surface area contributed by atoms with E-state index in [4.69, 9.17) is 4.74 Å². The molecule has 0 aliphatic carbocycles. The average Bonchev–Trinajstić information content (AvgIpc) is 2.49. The number of fused-ring (bicyclic) bond motifs is 1. The molecule has 1 aromatic heterocycles. The molecule has 5 heteroatoms. The van der Waals surface area contributed by atoms with Gasteiger partial charge in [0.2, 0.25) is 0 Å². The van der Waals surface area contributed by atoms with Crippen molar-refractivity contribution >= 4 is 5.91 Å². The zero-order valence-electron chi connectivity index (χ0n) is 12.1. The molecule has 1 N–H and O–H groups in total. The smallest absolute Gasteiger partial charge is 0.271 e. The third kappa shape index (κ3) is 2.72. The lowest BCUT2D eigenvalue weighted by Gasteiger charge is -2.28. The number of amides is 1. The van der Waals surface area contributed by atoms with E-state index in [1.807, 2.05) is 13.8 Å². The van der Waals surface area contributed by atoms with Crippen molar-refractivity contribution in [3.63, 3.8) is 0 Å². The Labute approximate surface area is 123 Å². The van der Waals surface area contributed by atoms with E-state index < -0.39 is 0 Å². The number of benzene rings is 1. The predicted octanol–water partition coefficient (Wildman–Crippen LogP) is 2.35. The van der Waals surface area contributed by atoms with Crippen LogP contribution in [0.3, 0.4) is 0 Å². The second-order valence-electron chi connectivity index (χ2n) is 5.25. The Morgan fingerprint density at radius 3 is 2.95 bits per heavy atom. The summed E-state index contributed by atoms with van der Waals surface area (Å²) in [6, 6.07) is 4.11. The van der Waals surface area contributed by atoms with Crippen molar-refractivity contribution in [3.05, 3.63) is 53.1 Å².